The zero-order valence-corrected chi connectivity index (χ0v) is 12.7. The van der Waals surface area contributed by atoms with Gasteiger partial charge in [-0.3, -0.25) is 4.79 Å². The Balaban J connectivity index is 1.94. The van der Waals surface area contributed by atoms with Gasteiger partial charge in [-0.25, -0.2) is 0 Å². The van der Waals surface area contributed by atoms with E-state index in [4.69, 9.17) is 0 Å². The Morgan fingerprint density at radius 1 is 1.25 bits per heavy atom. The smallest absolute Gasteiger partial charge is 0.251 e. The lowest BCUT2D eigenvalue weighted by atomic mass is 10.1. The number of nitrogens with one attached hydrogen (secondary N) is 2. The van der Waals surface area contributed by atoms with Gasteiger partial charge in [0.1, 0.15) is 6.04 Å². The molecule has 1 unspecified atom stereocenters. The van der Waals surface area contributed by atoms with E-state index in [0.29, 0.717) is 0 Å². The van der Waals surface area contributed by atoms with E-state index in [-0.39, 0.29) is 11.9 Å². The minimum atomic E-state index is -0.328. The second kappa shape index (κ2) is 5.29. The maximum atomic E-state index is 12.2. The summed E-state index contributed by atoms with van der Waals surface area (Å²) in [6, 6.07) is 13.6. The summed E-state index contributed by atoms with van der Waals surface area (Å²) < 4.78 is 0.964. The van der Waals surface area contributed by atoms with Crippen LogP contribution in [-0.4, -0.2) is 5.91 Å². The number of hydrogen-bond acceptors (Lipinski definition) is 2. The monoisotopic (exact) mass is 330 g/mol. The molecule has 0 radical (unpaired) electrons. The van der Waals surface area contributed by atoms with E-state index in [1.54, 1.807) is 0 Å². The summed E-state index contributed by atoms with van der Waals surface area (Å²) in [4.78, 5) is 12.2. The summed E-state index contributed by atoms with van der Waals surface area (Å²) in [7, 11) is 0. The van der Waals surface area contributed by atoms with Crippen LogP contribution in [0.5, 0.6) is 0 Å². The number of anilines is 2. The number of aryl methyl sites for hydroxylation is 1. The Bertz CT molecular complexity index is 669. The molecule has 2 aromatic carbocycles. The fraction of sp³-hybridized carbons (Fsp3) is 0.188. The highest BCUT2D eigenvalue weighted by molar-refractivity contribution is 9.10. The van der Waals surface area contributed by atoms with Gasteiger partial charge in [-0.1, -0.05) is 47.1 Å². The number of fused-ring (bicyclic) bond motifs is 1. The maximum Gasteiger partial charge on any atom is 0.251 e. The van der Waals surface area contributed by atoms with Crippen LogP contribution < -0.4 is 10.6 Å². The largest absolute Gasteiger partial charge is 0.370 e. The van der Waals surface area contributed by atoms with E-state index >= 15 is 0 Å². The van der Waals surface area contributed by atoms with Crippen LogP contribution in [-0.2, 0) is 11.2 Å². The van der Waals surface area contributed by atoms with Crippen LogP contribution in [0.4, 0.5) is 11.4 Å². The normalized spacial score (nSPS) is 16.7. The molecule has 3 nitrogen and oxygen atoms in total. The Morgan fingerprint density at radius 2 is 2.05 bits per heavy atom. The summed E-state index contributed by atoms with van der Waals surface area (Å²) in [6.45, 7) is 2.11. The number of amides is 1. The average molecular weight is 331 g/mol. The van der Waals surface area contributed by atoms with Crippen molar-refractivity contribution in [3.05, 3.63) is 58.1 Å². The molecule has 1 atom stereocenters. The number of para-hydroxylation sites is 1. The van der Waals surface area contributed by atoms with Crippen LogP contribution in [0.1, 0.15) is 24.1 Å². The molecule has 0 bridgehead atoms. The summed E-state index contributed by atoms with van der Waals surface area (Å²) >= 11 is 3.42. The quantitative estimate of drug-likeness (QED) is 0.888. The van der Waals surface area contributed by atoms with Crippen LogP contribution in [0.25, 0.3) is 0 Å². The molecule has 0 aliphatic carbocycles. The van der Waals surface area contributed by atoms with Crippen LogP contribution in [0.15, 0.2) is 46.9 Å². The molecule has 1 aliphatic rings. The SMILES string of the molecule is CCc1ccccc1NC1C(=O)Nc2cc(Br)ccc21. The number of carbonyl (C=O) groups excluding carboxylic acids is 1. The number of carbonyl (C=O) groups is 1. The molecule has 1 heterocycles. The Morgan fingerprint density at radius 3 is 2.85 bits per heavy atom. The first-order chi connectivity index (χ1) is 9.69. The van der Waals surface area contributed by atoms with Crippen LogP contribution in [0.3, 0.4) is 0 Å². The van der Waals surface area contributed by atoms with E-state index < -0.39 is 0 Å². The molecule has 0 saturated carbocycles. The van der Waals surface area contributed by atoms with Gasteiger partial charge in [0.25, 0.3) is 5.91 Å². The molecular formula is C16H15BrN2O. The zero-order chi connectivity index (χ0) is 14.1. The fourth-order valence-electron chi connectivity index (χ4n) is 2.50. The molecule has 2 N–H and O–H groups in total. The zero-order valence-electron chi connectivity index (χ0n) is 11.1. The molecule has 0 aromatic heterocycles. The lowest BCUT2D eigenvalue weighted by Gasteiger charge is -2.16. The molecule has 20 heavy (non-hydrogen) atoms. The maximum absolute atomic E-state index is 12.2. The van der Waals surface area contributed by atoms with Gasteiger partial charge in [-0.05, 0) is 30.2 Å². The number of hydrogen-bond donors (Lipinski definition) is 2. The second-order valence-electron chi connectivity index (χ2n) is 4.81. The van der Waals surface area contributed by atoms with E-state index in [1.165, 1.54) is 5.56 Å². The fourth-order valence-corrected chi connectivity index (χ4v) is 2.86. The van der Waals surface area contributed by atoms with Crippen LogP contribution in [0, 0.1) is 0 Å². The van der Waals surface area contributed by atoms with Crippen LogP contribution in [0.2, 0.25) is 0 Å². The minimum Gasteiger partial charge on any atom is -0.370 e. The first-order valence-corrected chi connectivity index (χ1v) is 7.43. The molecule has 0 saturated heterocycles. The lowest BCUT2D eigenvalue weighted by molar-refractivity contribution is -0.116. The molecular weight excluding hydrogens is 316 g/mol. The topological polar surface area (TPSA) is 41.1 Å². The molecule has 3 rings (SSSR count). The van der Waals surface area contributed by atoms with Crippen molar-refractivity contribution in [2.75, 3.05) is 10.6 Å². The highest BCUT2D eigenvalue weighted by atomic mass is 79.9. The molecule has 2 aromatic rings. The van der Waals surface area contributed by atoms with Gasteiger partial charge < -0.3 is 10.6 Å². The first kappa shape index (κ1) is 13.2. The van der Waals surface area contributed by atoms with Gasteiger partial charge in [0.2, 0.25) is 0 Å². The van der Waals surface area contributed by atoms with Crippen molar-refractivity contribution in [2.24, 2.45) is 0 Å². The van der Waals surface area contributed by atoms with Gasteiger partial charge in [0, 0.05) is 21.4 Å². The number of halogens is 1. The predicted octanol–water partition coefficient (Wildman–Crippen LogP) is 4.12. The number of rotatable bonds is 3. The highest BCUT2D eigenvalue weighted by Gasteiger charge is 2.30. The van der Waals surface area contributed by atoms with Gasteiger partial charge in [-0.15, -0.1) is 0 Å². The van der Waals surface area contributed by atoms with Crippen molar-refractivity contribution in [2.45, 2.75) is 19.4 Å². The predicted molar refractivity (Wildman–Crippen MR) is 85.0 cm³/mol. The van der Waals surface area contributed by atoms with Crippen LogP contribution >= 0.6 is 15.9 Å². The Labute approximate surface area is 126 Å². The van der Waals surface area contributed by atoms with Crippen molar-refractivity contribution < 1.29 is 4.79 Å². The Kier molecular flexibility index (Phi) is 3.49. The summed E-state index contributed by atoms with van der Waals surface area (Å²) in [5.41, 5.74) is 4.09. The molecule has 0 fully saturated rings. The Hall–Kier alpha value is -1.81. The molecule has 1 amide bonds. The third kappa shape index (κ3) is 2.31. The highest BCUT2D eigenvalue weighted by Crippen LogP contribution is 2.35. The first-order valence-electron chi connectivity index (χ1n) is 6.64. The second-order valence-corrected chi connectivity index (χ2v) is 5.72. The molecule has 0 spiro atoms. The van der Waals surface area contributed by atoms with E-state index in [2.05, 4.69) is 39.6 Å². The van der Waals surface area contributed by atoms with Gasteiger partial charge in [0.05, 0.1) is 0 Å². The third-order valence-electron chi connectivity index (χ3n) is 3.54. The van der Waals surface area contributed by atoms with Gasteiger partial charge in [0.15, 0.2) is 0 Å². The van der Waals surface area contributed by atoms with Crippen molar-refractivity contribution >= 4 is 33.2 Å². The summed E-state index contributed by atoms with van der Waals surface area (Å²) in [5, 5.41) is 6.27. The van der Waals surface area contributed by atoms with E-state index in [1.807, 2.05) is 36.4 Å². The van der Waals surface area contributed by atoms with Gasteiger partial charge >= 0.3 is 0 Å². The van der Waals surface area contributed by atoms with Crippen molar-refractivity contribution in [3.8, 4) is 0 Å². The molecule has 1 aliphatic heterocycles. The van der Waals surface area contributed by atoms with E-state index in [0.717, 1.165) is 27.8 Å². The molecule has 4 heteroatoms. The third-order valence-corrected chi connectivity index (χ3v) is 4.04. The lowest BCUT2D eigenvalue weighted by Crippen LogP contribution is -2.20. The summed E-state index contributed by atoms with van der Waals surface area (Å²) in [5.74, 6) is -0.0102. The van der Waals surface area contributed by atoms with Crippen molar-refractivity contribution in [1.29, 1.82) is 0 Å². The molecule has 102 valence electrons. The number of benzene rings is 2. The van der Waals surface area contributed by atoms with Crippen molar-refractivity contribution in [1.82, 2.24) is 0 Å². The minimum absolute atomic E-state index is 0.0102. The van der Waals surface area contributed by atoms with Gasteiger partial charge in [-0.2, -0.15) is 0 Å². The standard InChI is InChI=1S/C16H15BrN2O/c1-2-10-5-3-4-6-13(10)18-15-12-8-7-11(17)9-14(12)19-16(15)20/h3-9,15,18H,2H2,1H3,(H,19,20). The summed E-state index contributed by atoms with van der Waals surface area (Å²) in [6.07, 6.45) is 0.935. The van der Waals surface area contributed by atoms with Crippen molar-refractivity contribution in [3.63, 3.8) is 0 Å². The van der Waals surface area contributed by atoms with E-state index in [9.17, 15) is 4.79 Å². The average Bonchev–Trinajstić information content (AvgIpc) is 2.75.